The van der Waals surface area contributed by atoms with E-state index in [-0.39, 0.29) is 8.68 Å². The number of nitrogens with one attached hydrogen (secondary N) is 1. The van der Waals surface area contributed by atoms with E-state index in [0.717, 1.165) is 11.3 Å². The zero-order valence-corrected chi connectivity index (χ0v) is 14.7. The molecular weight excluding hydrogens is 353 g/mol. The Morgan fingerprint density at radius 3 is 2.48 bits per heavy atom. The summed E-state index contributed by atoms with van der Waals surface area (Å²) < 4.78 is 27.7. The van der Waals surface area contributed by atoms with Crippen LogP contribution in [0.25, 0.3) is 0 Å². The summed E-state index contributed by atoms with van der Waals surface area (Å²) in [6.07, 6.45) is 0. The van der Waals surface area contributed by atoms with Gasteiger partial charge < -0.3 is 4.90 Å². The van der Waals surface area contributed by atoms with E-state index in [0.29, 0.717) is 22.1 Å². The number of nitrogens with zero attached hydrogens (tertiary/aromatic N) is 2. The summed E-state index contributed by atoms with van der Waals surface area (Å²) in [4.78, 5) is 5.71. The van der Waals surface area contributed by atoms with Gasteiger partial charge in [0.05, 0.1) is 17.1 Å². The first-order valence-electron chi connectivity index (χ1n) is 5.83. The highest BCUT2D eigenvalue weighted by molar-refractivity contribution is 7.94. The third-order valence-corrected chi connectivity index (χ3v) is 6.13. The third kappa shape index (κ3) is 3.60. The molecule has 0 unspecified atom stereocenters. The summed E-state index contributed by atoms with van der Waals surface area (Å²) >= 11 is 12.6. The van der Waals surface area contributed by atoms with Crippen molar-refractivity contribution in [3.8, 4) is 0 Å². The van der Waals surface area contributed by atoms with Gasteiger partial charge in [0, 0.05) is 19.1 Å². The summed E-state index contributed by atoms with van der Waals surface area (Å²) in [6, 6.07) is 5.00. The lowest BCUT2D eigenvalue weighted by molar-refractivity contribution is 0.602. The first-order chi connectivity index (χ1) is 9.70. The fourth-order valence-corrected chi connectivity index (χ4v) is 4.75. The van der Waals surface area contributed by atoms with Crippen LogP contribution in [0.3, 0.4) is 0 Å². The number of sulfonamides is 1. The highest BCUT2D eigenvalue weighted by Crippen LogP contribution is 2.33. The Morgan fingerprint density at radius 2 is 1.95 bits per heavy atom. The molecule has 0 bridgehead atoms. The maximum absolute atomic E-state index is 12.5. The largest absolute Gasteiger partial charge is 0.376 e. The highest BCUT2D eigenvalue weighted by atomic mass is 35.5. The Balaban J connectivity index is 2.46. The van der Waals surface area contributed by atoms with Gasteiger partial charge >= 0.3 is 0 Å². The number of hydrogen-bond donors (Lipinski definition) is 1. The van der Waals surface area contributed by atoms with Gasteiger partial charge in [-0.3, -0.25) is 4.72 Å². The predicted molar refractivity (Wildman–Crippen MR) is 88.4 cm³/mol. The van der Waals surface area contributed by atoms with E-state index in [9.17, 15) is 8.42 Å². The van der Waals surface area contributed by atoms with Gasteiger partial charge in [-0.15, -0.1) is 0 Å². The van der Waals surface area contributed by atoms with Gasteiger partial charge in [-0.25, -0.2) is 13.4 Å². The number of hydrogen-bond acceptors (Lipinski definition) is 5. The van der Waals surface area contributed by atoms with E-state index in [1.54, 1.807) is 30.0 Å². The van der Waals surface area contributed by atoms with E-state index in [1.165, 1.54) is 0 Å². The number of rotatable bonds is 4. The number of aryl methyl sites for hydroxylation is 1. The van der Waals surface area contributed by atoms with Gasteiger partial charge in [0.1, 0.15) is 0 Å². The maximum atomic E-state index is 12.5. The van der Waals surface area contributed by atoms with Crippen molar-refractivity contribution in [1.82, 2.24) is 4.98 Å². The molecule has 5 nitrogen and oxygen atoms in total. The second kappa shape index (κ2) is 6.00. The molecule has 0 amide bonds. The van der Waals surface area contributed by atoms with Crippen molar-refractivity contribution in [3.63, 3.8) is 0 Å². The van der Waals surface area contributed by atoms with Gasteiger partial charge in [-0.2, -0.15) is 0 Å². The highest BCUT2D eigenvalue weighted by Gasteiger charge is 2.23. The Kier molecular flexibility index (Phi) is 4.67. The molecule has 2 rings (SSSR count). The fourth-order valence-electron chi connectivity index (χ4n) is 1.77. The Hall–Kier alpha value is -1.02. The van der Waals surface area contributed by atoms with E-state index in [4.69, 9.17) is 23.2 Å². The first-order valence-corrected chi connectivity index (χ1v) is 8.89. The second-order valence-corrected chi connectivity index (χ2v) is 8.40. The number of thiazole rings is 1. The average Bonchev–Trinajstić information content (AvgIpc) is 2.68. The molecule has 0 aliphatic carbocycles. The van der Waals surface area contributed by atoms with Crippen molar-refractivity contribution in [3.05, 3.63) is 33.4 Å². The van der Waals surface area contributed by atoms with Crippen LogP contribution in [0.15, 0.2) is 22.4 Å². The van der Waals surface area contributed by atoms with Crippen LogP contribution in [0.2, 0.25) is 9.49 Å². The van der Waals surface area contributed by atoms with E-state index >= 15 is 0 Å². The molecule has 2 aromatic rings. The smallest absolute Gasteiger partial charge is 0.273 e. The number of anilines is 2. The van der Waals surface area contributed by atoms with Gasteiger partial charge in [-0.05, 0) is 25.1 Å². The van der Waals surface area contributed by atoms with Crippen molar-refractivity contribution < 1.29 is 8.42 Å². The molecular formula is C12H13Cl2N3O2S2. The standard InChI is InChI=1S/C12H13Cl2N3O2S2/c1-7-11(20-12(14)15-7)21(18,19)16-9-6-8(13)4-5-10(9)17(2)3/h4-6,16H,1-3H3. The van der Waals surface area contributed by atoms with Crippen LogP contribution in [0, 0.1) is 6.92 Å². The monoisotopic (exact) mass is 365 g/mol. The van der Waals surface area contributed by atoms with E-state index in [1.807, 2.05) is 14.1 Å². The zero-order valence-electron chi connectivity index (χ0n) is 11.5. The molecule has 0 radical (unpaired) electrons. The molecule has 114 valence electrons. The summed E-state index contributed by atoms with van der Waals surface area (Å²) in [5.41, 5.74) is 1.47. The van der Waals surface area contributed by atoms with Gasteiger partial charge in [-0.1, -0.05) is 34.5 Å². The third-order valence-electron chi connectivity index (χ3n) is 2.66. The van der Waals surface area contributed by atoms with Crippen LogP contribution in [-0.4, -0.2) is 27.5 Å². The lowest BCUT2D eigenvalue weighted by atomic mass is 10.2. The Bertz CT molecular complexity index is 773. The summed E-state index contributed by atoms with van der Waals surface area (Å²) in [5.74, 6) is 0. The quantitative estimate of drug-likeness (QED) is 0.898. The van der Waals surface area contributed by atoms with Crippen molar-refractivity contribution >= 4 is 55.9 Å². The van der Waals surface area contributed by atoms with Gasteiger partial charge in [0.25, 0.3) is 10.0 Å². The molecule has 1 N–H and O–H groups in total. The van der Waals surface area contributed by atoms with Gasteiger partial charge in [0.15, 0.2) is 8.68 Å². The normalized spacial score (nSPS) is 11.5. The molecule has 0 saturated heterocycles. The SMILES string of the molecule is Cc1nc(Cl)sc1S(=O)(=O)Nc1cc(Cl)ccc1N(C)C. The molecule has 0 aliphatic heterocycles. The van der Waals surface area contributed by atoms with E-state index < -0.39 is 10.0 Å². The topological polar surface area (TPSA) is 62.3 Å². The molecule has 9 heteroatoms. The van der Waals surface area contributed by atoms with Crippen LogP contribution in [0.1, 0.15) is 5.69 Å². The summed E-state index contributed by atoms with van der Waals surface area (Å²) in [5, 5.41) is 0.442. The van der Waals surface area contributed by atoms with Crippen LogP contribution in [0.5, 0.6) is 0 Å². The Labute approximate surface area is 137 Å². The molecule has 0 fully saturated rings. The van der Waals surface area contributed by atoms with Crippen molar-refractivity contribution in [2.24, 2.45) is 0 Å². The fraction of sp³-hybridized carbons (Fsp3) is 0.250. The second-order valence-electron chi connectivity index (χ2n) is 4.50. The minimum atomic E-state index is -3.76. The molecule has 1 heterocycles. The lowest BCUT2D eigenvalue weighted by Gasteiger charge is -2.18. The first kappa shape index (κ1) is 16.4. The van der Waals surface area contributed by atoms with Gasteiger partial charge in [0.2, 0.25) is 0 Å². The molecule has 0 spiro atoms. The van der Waals surface area contributed by atoms with Crippen molar-refractivity contribution in [2.45, 2.75) is 11.1 Å². The predicted octanol–water partition coefficient (Wildman–Crippen LogP) is 3.63. The number of halogens is 2. The minimum absolute atomic E-state index is 0.0946. The molecule has 1 aromatic carbocycles. The molecule has 1 aromatic heterocycles. The molecule has 21 heavy (non-hydrogen) atoms. The van der Waals surface area contributed by atoms with Crippen LogP contribution in [0.4, 0.5) is 11.4 Å². The van der Waals surface area contributed by atoms with Crippen LogP contribution >= 0.6 is 34.5 Å². The van der Waals surface area contributed by atoms with E-state index in [2.05, 4.69) is 9.71 Å². The van der Waals surface area contributed by atoms with Crippen LogP contribution < -0.4 is 9.62 Å². The minimum Gasteiger partial charge on any atom is -0.376 e. The molecule has 0 saturated carbocycles. The lowest BCUT2D eigenvalue weighted by Crippen LogP contribution is -2.17. The summed E-state index contributed by atoms with van der Waals surface area (Å²) in [6.45, 7) is 1.60. The van der Waals surface area contributed by atoms with Crippen LogP contribution in [-0.2, 0) is 10.0 Å². The van der Waals surface area contributed by atoms with Crippen molar-refractivity contribution in [1.29, 1.82) is 0 Å². The number of aromatic nitrogens is 1. The Morgan fingerprint density at radius 1 is 1.29 bits per heavy atom. The average molecular weight is 366 g/mol. The van der Waals surface area contributed by atoms with Crippen molar-refractivity contribution in [2.75, 3.05) is 23.7 Å². The maximum Gasteiger partial charge on any atom is 0.273 e. The molecule has 0 aliphatic rings. The molecule has 0 atom stereocenters. The summed E-state index contributed by atoms with van der Waals surface area (Å²) in [7, 11) is -0.129. The zero-order chi connectivity index (χ0) is 15.8. The number of benzene rings is 1.